The Labute approximate surface area is 129 Å². The van der Waals surface area contributed by atoms with E-state index in [0.29, 0.717) is 0 Å². The number of aliphatic hydroxyl groups is 3. The van der Waals surface area contributed by atoms with Crippen LogP contribution < -0.4 is 5.73 Å². The zero-order chi connectivity index (χ0) is 16.9. The smallest absolute Gasteiger partial charge is 0.250 e. The number of sulfone groups is 1. The van der Waals surface area contributed by atoms with Crippen LogP contribution in [0.5, 0.6) is 0 Å². The molecule has 126 valence electrons. The first-order chi connectivity index (χ1) is 10.7. The molecule has 5 N–H and O–H groups in total. The number of nitrogens with two attached hydrogens (primary N) is 1. The number of nitrogen functional groups attached to an aromatic ring is 1. The van der Waals surface area contributed by atoms with Gasteiger partial charge in [0.05, 0.1) is 6.61 Å². The number of nitrogens with zero attached hydrogens (tertiary/aromatic N) is 5. The summed E-state index contributed by atoms with van der Waals surface area (Å²) in [6.07, 6.45) is -3.98. The third-order valence-electron chi connectivity index (χ3n) is 3.35. The minimum Gasteiger partial charge on any atom is -0.394 e. The van der Waals surface area contributed by atoms with Crippen LogP contribution in [-0.2, 0) is 14.6 Å². The largest absolute Gasteiger partial charge is 0.394 e. The number of rotatable bonds is 3. The van der Waals surface area contributed by atoms with Gasteiger partial charge in [0.15, 0.2) is 17.6 Å². The van der Waals surface area contributed by atoms with Crippen LogP contribution in [0.3, 0.4) is 0 Å². The molecule has 0 bridgehead atoms. The zero-order valence-corrected chi connectivity index (χ0v) is 12.6. The summed E-state index contributed by atoms with van der Waals surface area (Å²) in [5.74, 6) is -0.201. The topological polar surface area (TPSA) is 187 Å². The van der Waals surface area contributed by atoms with E-state index in [2.05, 4.69) is 20.2 Å². The van der Waals surface area contributed by atoms with E-state index in [1.165, 1.54) is 0 Å². The molecule has 12 nitrogen and oxygen atoms in total. The Kier molecular flexibility index (Phi) is 3.68. The van der Waals surface area contributed by atoms with Crippen molar-refractivity contribution in [2.24, 2.45) is 0 Å². The van der Waals surface area contributed by atoms with E-state index in [1.807, 2.05) is 0 Å². The van der Waals surface area contributed by atoms with E-state index in [9.17, 15) is 18.6 Å². The maximum atomic E-state index is 11.5. The monoisotopic (exact) mass is 346 g/mol. The SMILES string of the molecule is CS(=O)(=O)c1nc(N)c2nn(C3O[C@H](CO)[C@@H](O)[C@H]3O)nc2n1. The molecule has 1 saturated heterocycles. The molecular weight excluding hydrogens is 332 g/mol. The van der Waals surface area contributed by atoms with Gasteiger partial charge < -0.3 is 25.8 Å². The Hall–Kier alpha value is -1.93. The van der Waals surface area contributed by atoms with Gasteiger partial charge in [0, 0.05) is 6.26 Å². The highest BCUT2D eigenvalue weighted by Gasteiger charge is 2.44. The fourth-order valence-electron chi connectivity index (χ4n) is 2.18. The summed E-state index contributed by atoms with van der Waals surface area (Å²) in [6, 6.07) is 0. The lowest BCUT2D eigenvalue weighted by atomic mass is 10.1. The molecule has 0 radical (unpaired) electrons. The van der Waals surface area contributed by atoms with Gasteiger partial charge in [-0.15, -0.1) is 15.0 Å². The van der Waals surface area contributed by atoms with E-state index >= 15 is 0 Å². The van der Waals surface area contributed by atoms with Crippen LogP contribution in [0.15, 0.2) is 5.16 Å². The Morgan fingerprint density at radius 2 is 1.96 bits per heavy atom. The maximum absolute atomic E-state index is 11.5. The van der Waals surface area contributed by atoms with Gasteiger partial charge in [0.2, 0.25) is 15.5 Å². The Balaban J connectivity index is 2.06. The fraction of sp³-hybridized carbons (Fsp3) is 0.600. The summed E-state index contributed by atoms with van der Waals surface area (Å²) in [5.41, 5.74) is 5.58. The van der Waals surface area contributed by atoms with Gasteiger partial charge in [-0.3, -0.25) is 0 Å². The molecule has 0 aliphatic carbocycles. The number of ether oxygens (including phenoxy) is 1. The third kappa shape index (κ3) is 2.61. The van der Waals surface area contributed by atoms with Gasteiger partial charge in [0.1, 0.15) is 18.3 Å². The summed E-state index contributed by atoms with van der Waals surface area (Å²) in [6.45, 7) is -0.504. The van der Waals surface area contributed by atoms with Crippen LogP contribution in [0.25, 0.3) is 11.2 Å². The van der Waals surface area contributed by atoms with Crippen molar-refractivity contribution in [3.63, 3.8) is 0 Å². The van der Waals surface area contributed by atoms with Gasteiger partial charge in [-0.1, -0.05) is 0 Å². The van der Waals surface area contributed by atoms with Crippen molar-refractivity contribution in [2.45, 2.75) is 29.7 Å². The predicted octanol–water partition coefficient (Wildman–Crippen LogP) is -3.18. The van der Waals surface area contributed by atoms with Crippen molar-refractivity contribution in [1.29, 1.82) is 0 Å². The second kappa shape index (κ2) is 5.31. The second-order valence-corrected chi connectivity index (χ2v) is 6.99. The maximum Gasteiger partial charge on any atom is 0.250 e. The molecule has 13 heteroatoms. The predicted molar refractivity (Wildman–Crippen MR) is 73.6 cm³/mol. The molecule has 1 fully saturated rings. The van der Waals surface area contributed by atoms with Crippen LogP contribution in [-0.4, -0.2) is 79.9 Å². The Morgan fingerprint density at radius 1 is 1.26 bits per heavy atom. The van der Waals surface area contributed by atoms with Gasteiger partial charge in [-0.2, -0.15) is 9.97 Å². The zero-order valence-electron chi connectivity index (χ0n) is 11.8. The van der Waals surface area contributed by atoms with Crippen LogP contribution in [0, 0.1) is 0 Å². The highest BCUT2D eigenvalue weighted by molar-refractivity contribution is 7.90. The first kappa shape index (κ1) is 15.9. The van der Waals surface area contributed by atoms with E-state index in [4.69, 9.17) is 15.6 Å². The molecule has 1 aliphatic heterocycles. The van der Waals surface area contributed by atoms with Crippen LogP contribution >= 0.6 is 0 Å². The number of fused-ring (bicyclic) bond motifs is 1. The molecule has 3 heterocycles. The molecule has 3 rings (SSSR count). The molecule has 2 aromatic rings. The van der Waals surface area contributed by atoms with Crippen LogP contribution in [0.4, 0.5) is 5.82 Å². The number of hydrogen-bond acceptors (Lipinski definition) is 11. The van der Waals surface area contributed by atoms with Crippen molar-refractivity contribution in [3.8, 4) is 0 Å². The number of anilines is 1. The van der Waals surface area contributed by atoms with Gasteiger partial charge in [-0.05, 0) is 0 Å². The molecule has 0 aromatic carbocycles. The highest BCUT2D eigenvalue weighted by Crippen LogP contribution is 2.29. The average Bonchev–Trinajstić information content (AvgIpc) is 3.01. The van der Waals surface area contributed by atoms with Crippen molar-refractivity contribution in [2.75, 3.05) is 18.6 Å². The highest BCUT2D eigenvalue weighted by atomic mass is 32.2. The molecule has 1 unspecified atom stereocenters. The van der Waals surface area contributed by atoms with Gasteiger partial charge >= 0.3 is 0 Å². The van der Waals surface area contributed by atoms with E-state index < -0.39 is 46.1 Å². The molecular formula is C10H14N6O6S. The minimum absolute atomic E-state index is 0.0233. The lowest BCUT2D eigenvalue weighted by Gasteiger charge is -2.12. The molecule has 2 aromatic heterocycles. The van der Waals surface area contributed by atoms with E-state index in [0.717, 1.165) is 11.1 Å². The molecule has 0 spiro atoms. The van der Waals surface area contributed by atoms with Crippen molar-refractivity contribution in [1.82, 2.24) is 25.0 Å². The summed E-state index contributed by atoms with van der Waals surface area (Å²) in [4.78, 5) is 8.32. The molecule has 1 aliphatic rings. The molecule has 23 heavy (non-hydrogen) atoms. The fourth-order valence-corrected chi connectivity index (χ4v) is 2.69. The summed E-state index contributed by atoms with van der Waals surface area (Å²) in [7, 11) is -3.69. The third-order valence-corrected chi connectivity index (χ3v) is 4.19. The number of aromatic nitrogens is 5. The summed E-state index contributed by atoms with van der Waals surface area (Å²) in [5, 5.41) is 36.1. The Morgan fingerprint density at radius 3 is 2.52 bits per heavy atom. The summed E-state index contributed by atoms with van der Waals surface area (Å²) >= 11 is 0. The standard InChI is InChI=1S/C10H14N6O6S/c1-23(20,21)10-12-7(11)4-8(13-10)15-16(14-4)9-6(19)5(18)3(2-17)22-9/h3,5-6,9,17-19H,2H2,1H3,(H2,11,12,13,15)/t3-,5-,6-,9?/m1/s1. The summed E-state index contributed by atoms with van der Waals surface area (Å²) < 4.78 is 28.3. The normalized spacial score (nSPS) is 28.5. The van der Waals surface area contributed by atoms with Crippen molar-refractivity contribution >= 4 is 26.8 Å². The minimum atomic E-state index is -3.69. The number of aliphatic hydroxyl groups excluding tert-OH is 3. The van der Waals surface area contributed by atoms with Crippen molar-refractivity contribution in [3.05, 3.63) is 0 Å². The quantitative estimate of drug-likeness (QED) is 0.410. The van der Waals surface area contributed by atoms with Crippen molar-refractivity contribution < 1.29 is 28.5 Å². The van der Waals surface area contributed by atoms with Crippen LogP contribution in [0.1, 0.15) is 6.23 Å². The molecule has 0 amide bonds. The van der Waals surface area contributed by atoms with Gasteiger partial charge in [-0.25, -0.2) is 8.42 Å². The molecule has 0 saturated carbocycles. The van der Waals surface area contributed by atoms with E-state index in [-0.39, 0.29) is 17.0 Å². The lowest BCUT2D eigenvalue weighted by molar-refractivity contribution is -0.0650. The first-order valence-corrected chi connectivity index (χ1v) is 8.34. The first-order valence-electron chi connectivity index (χ1n) is 6.45. The average molecular weight is 346 g/mol. The second-order valence-electron chi connectivity index (χ2n) is 5.09. The van der Waals surface area contributed by atoms with Crippen LogP contribution in [0.2, 0.25) is 0 Å². The lowest BCUT2D eigenvalue weighted by Crippen LogP contribution is -2.33. The Bertz CT molecular complexity index is 853. The number of hydrogen-bond donors (Lipinski definition) is 4. The van der Waals surface area contributed by atoms with E-state index in [1.54, 1.807) is 0 Å². The molecule has 4 atom stereocenters. The van der Waals surface area contributed by atoms with Gasteiger partial charge in [0.25, 0.3) is 5.16 Å².